The Balaban J connectivity index is 1.62. The summed E-state index contributed by atoms with van der Waals surface area (Å²) in [4.78, 5) is 7.12. The van der Waals surface area contributed by atoms with E-state index in [4.69, 9.17) is 16.3 Å². The van der Waals surface area contributed by atoms with Gasteiger partial charge in [-0.2, -0.15) is 0 Å². The Labute approximate surface area is 156 Å². The molecule has 0 aromatic heterocycles. The van der Waals surface area contributed by atoms with Gasteiger partial charge < -0.3 is 15.4 Å². The molecular weight excluding hydrogens is 336 g/mol. The van der Waals surface area contributed by atoms with Gasteiger partial charge in [-0.1, -0.05) is 23.7 Å². The smallest absolute Gasteiger partial charge is 0.191 e. The predicted molar refractivity (Wildman–Crippen MR) is 106 cm³/mol. The molecule has 1 aliphatic heterocycles. The number of hydrogen-bond donors (Lipinski definition) is 2. The van der Waals surface area contributed by atoms with Gasteiger partial charge in [-0.25, -0.2) is 0 Å². The minimum atomic E-state index is 0.789. The van der Waals surface area contributed by atoms with Crippen molar-refractivity contribution in [2.45, 2.75) is 26.2 Å². The molecule has 1 heterocycles. The highest BCUT2D eigenvalue weighted by Crippen LogP contribution is 2.10. The molecule has 1 saturated heterocycles. The third-order valence-corrected chi connectivity index (χ3v) is 4.45. The predicted octanol–water partition coefficient (Wildman–Crippen LogP) is 2.55. The van der Waals surface area contributed by atoms with Crippen LogP contribution in [0.3, 0.4) is 0 Å². The van der Waals surface area contributed by atoms with E-state index >= 15 is 0 Å². The lowest BCUT2D eigenvalue weighted by atomic mass is 10.1. The summed E-state index contributed by atoms with van der Waals surface area (Å²) in [6.07, 6.45) is 3.18. The van der Waals surface area contributed by atoms with Gasteiger partial charge in [0.15, 0.2) is 5.96 Å². The summed E-state index contributed by atoms with van der Waals surface area (Å²) >= 11 is 5.91. The standard InChI is InChI=1S/C19H31ClN4O/c1-2-21-19(23-11-4-12-24-13-15-25-16-14-24)22-10-3-5-17-6-8-18(20)9-7-17/h6-9H,2-5,10-16H2,1H3,(H2,21,22,23). The molecule has 0 atom stereocenters. The fourth-order valence-corrected chi connectivity index (χ4v) is 2.93. The monoisotopic (exact) mass is 366 g/mol. The average Bonchev–Trinajstić information content (AvgIpc) is 2.64. The lowest BCUT2D eigenvalue weighted by molar-refractivity contribution is 0.0376. The Morgan fingerprint density at radius 2 is 1.92 bits per heavy atom. The van der Waals surface area contributed by atoms with Crippen LogP contribution in [0.25, 0.3) is 0 Å². The summed E-state index contributed by atoms with van der Waals surface area (Å²) in [5, 5.41) is 7.53. The number of nitrogens with one attached hydrogen (secondary N) is 2. The highest BCUT2D eigenvalue weighted by atomic mass is 35.5. The van der Waals surface area contributed by atoms with Crippen molar-refractivity contribution in [2.75, 3.05) is 52.5 Å². The summed E-state index contributed by atoms with van der Waals surface area (Å²) in [6.45, 7) is 9.70. The van der Waals surface area contributed by atoms with Crippen molar-refractivity contribution in [3.63, 3.8) is 0 Å². The van der Waals surface area contributed by atoms with E-state index in [0.29, 0.717) is 0 Å². The van der Waals surface area contributed by atoms with Crippen LogP contribution < -0.4 is 10.6 Å². The van der Waals surface area contributed by atoms with Gasteiger partial charge in [0.1, 0.15) is 0 Å². The van der Waals surface area contributed by atoms with Gasteiger partial charge in [-0.05, 0) is 50.4 Å². The second-order valence-electron chi connectivity index (χ2n) is 6.23. The average molecular weight is 367 g/mol. The molecule has 2 N–H and O–H groups in total. The molecule has 140 valence electrons. The van der Waals surface area contributed by atoms with Gasteiger partial charge in [-0.15, -0.1) is 0 Å². The summed E-state index contributed by atoms with van der Waals surface area (Å²) in [6, 6.07) is 8.06. The van der Waals surface area contributed by atoms with Crippen molar-refractivity contribution in [3.8, 4) is 0 Å². The first-order valence-corrected chi connectivity index (χ1v) is 9.72. The second-order valence-corrected chi connectivity index (χ2v) is 6.66. The van der Waals surface area contributed by atoms with Gasteiger partial charge >= 0.3 is 0 Å². The van der Waals surface area contributed by atoms with Gasteiger partial charge in [0, 0.05) is 37.7 Å². The lowest BCUT2D eigenvalue weighted by Crippen LogP contribution is -2.40. The number of halogens is 1. The molecule has 1 aromatic rings. The van der Waals surface area contributed by atoms with E-state index in [2.05, 4.69) is 39.6 Å². The zero-order chi connectivity index (χ0) is 17.7. The van der Waals surface area contributed by atoms with Crippen molar-refractivity contribution < 1.29 is 4.74 Å². The van der Waals surface area contributed by atoms with Crippen molar-refractivity contribution in [1.82, 2.24) is 15.5 Å². The van der Waals surface area contributed by atoms with Gasteiger partial charge in [0.2, 0.25) is 0 Å². The van der Waals surface area contributed by atoms with Crippen LogP contribution in [0.5, 0.6) is 0 Å². The Kier molecular flexibility index (Phi) is 9.70. The highest BCUT2D eigenvalue weighted by Gasteiger charge is 2.09. The van der Waals surface area contributed by atoms with Gasteiger partial charge in [-0.3, -0.25) is 9.89 Å². The first-order chi connectivity index (χ1) is 12.3. The quantitative estimate of drug-likeness (QED) is 0.400. The van der Waals surface area contributed by atoms with Crippen LogP contribution in [0.1, 0.15) is 25.3 Å². The molecular formula is C19H31ClN4O. The number of morpholine rings is 1. The Morgan fingerprint density at radius 1 is 1.16 bits per heavy atom. The van der Waals surface area contributed by atoms with E-state index < -0.39 is 0 Å². The van der Waals surface area contributed by atoms with Crippen LogP contribution in [0.2, 0.25) is 5.02 Å². The molecule has 0 aliphatic carbocycles. The van der Waals surface area contributed by atoms with Crippen LogP contribution in [0, 0.1) is 0 Å². The molecule has 2 rings (SSSR count). The summed E-state index contributed by atoms with van der Waals surface area (Å²) in [5.74, 6) is 0.917. The molecule has 5 nitrogen and oxygen atoms in total. The fourth-order valence-electron chi connectivity index (χ4n) is 2.80. The Morgan fingerprint density at radius 3 is 2.64 bits per heavy atom. The first kappa shape index (κ1) is 20.0. The second kappa shape index (κ2) is 12.1. The zero-order valence-electron chi connectivity index (χ0n) is 15.3. The maximum absolute atomic E-state index is 5.91. The van der Waals surface area contributed by atoms with Crippen LogP contribution >= 0.6 is 11.6 Å². The van der Waals surface area contributed by atoms with Crippen LogP contribution in [0.4, 0.5) is 0 Å². The maximum Gasteiger partial charge on any atom is 0.191 e. The number of nitrogens with zero attached hydrogens (tertiary/aromatic N) is 2. The third kappa shape index (κ3) is 8.56. The molecule has 6 heteroatoms. The number of benzene rings is 1. The van der Waals surface area contributed by atoms with E-state index in [0.717, 1.165) is 82.7 Å². The summed E-state index contributed by atoms with van der Waals surface area (Å²) in [5.41, 5.74) is 1.31. The normalized spacial score (nSPS) is 16.0. The zero-order valence-corrected chi connectivity index (χ0v) is 16.0. The van der Waals surface area contributed by atoms with Crippen molar-refractivity contribution >= 4 is 17.6 Å². The number of guanidine groups is 1. The lowest BCUT2D eigenvalue weighted by Gasteiger charge is -2.26. The molecule has 1 aromatic carbocycles. The topological polar surface area (TPSA) is 48.9 Å². The molecule has 0 spiro atoms. The first-order valence-electron chi connectivity index (χ1n) is 9.34. The number of rotatable bonds is 9. The van der Waals surface area contributed by atoms with E-state index in [1.807, 2.05) is 12.1 Å². The molecule has 25 heavy (non-hydrogen) atoms. The van der Waals surface area contributed by atoms with Gasteiger partial charge in [0.05, 0.1) is 13.2 Å². The van der Waals surface area contributed by atoms with E-state index in [1.165, 1.54) is 5.56 Å². The van der Waals surface area contributed by atoms with Crippen LogP contribution in [-0.4, -0.2) is 63.3 Å². The van der Waals surface area contributed by atoms with E-state index in [1.54, 1.807) is 0 Å². The number of aryl methyl sites for hydroxylation is 1. The number of hydrogen-bond acceptors (Lipinski definition) is 3. The van der Waals surface area contributed by atoms with Crippen molar-refractivity contribution in [1.29, 1.82) is 0 Å². The molecule has 1 fully saturated rings. The largest absolute Gasteiger partial charge is 0.379 e. The fraction of sp³-hybridized carbons (Fsp3) is 0.632. The number of aliphatic imine (C=N–C) groups is 1. The van der Waals surface area contributed by atoms with Crippen LogP contribution in [-0.2, 0) is 11.2 Å². The summed E-state index contributed by atoms with van der Waals surface area (Å²) < 4.78 is 5.38. The highest BCUT2D eigenvalue weighted by molar-refractivity contribution is 6.30. The Bertz CT molecular complexity index is 501. The maximum atomic E-state index is 5.91. The van der Waals surface area contributed by atoms with E-state index in [9.17, 15) is 0 Å². The molecule has 0 bridgehead atoms. The van der Waals surface area contributed by atoms with E-state index in [-0.39, 0.29) is 0 Å². The SMILES string of the molecule is CCNC(=NCCCc1ccc(Cl)cc1)NCCCN1CCOCC1. The third-order valence-electron chi connectivity index (χ3n) is 4.20. The van der Waals surface area contributed by atoms with Gasteiger partial charge in [0.25, 0.3) is 0 Å². The molecule has 0 unspecified atom stereocenters. The van der Waals surface area contributed by atoms with Crippen molar-refractivity contribution in [2.24, 2.45) is 4.99 Å². The molecule has 1 aliphatic rings. The Hall–Kier alpha value is -1.30. The molecule has 0 radical (unpaired) electrons. The van der Waals surface area contributed by atoms with Crippen molar-refractivity contribution in [3.05, 3.63) is 34.9 Å². The number of ether oxygens (including phenoxy) is 1. The minimum absolute atomic E-state index is 0.789. The summed E-state index contributed by atoms with van der Waals surface area (Å²) in [7, 11) is 0. The molecule has 0 amide bonds. The molecule has 0 saturated carbocycles. The van der Waals surface area contributed by atoms with Crippen LogP contribution in [0.15, 0.2) is 29.3 Å². The minimum Gasteiger partial charge on any atom is -0.379 e.